The van der Waals surface area contributed by atoms with Crippen molar-refractivity contribution in [3.63, 3.8) is 0 Å². The number of aromatic carboxylic acids is 1. The Morgan fingerprint density at radius 1 is 1.25 bits per heavy atom. The Morgan fingerprint density at radius 2 is 2.15 bits per heavy atom. The fraction of sp³-hybridized carbons (Fsp3) is 0.0667. The van der Waals surface area contributed by atoms with Crippen LogP contribution in [0.2, 0.25) is 0 Å². The van der Waals surface area contributed by atoms with Crippen molar-refractivity contribution in [3.8, 4) is 0 Å². The second-order valence-corrected chi connectivity index (χ2v) is 4.31. The van der Waals surface area contributed by atoms with Gasteiger partial charge in [0.1, 0.15) is 11.4 Å². The van der Waals surface area contributed by atoms with Crippen LogP contribution >= 0.6 is 0 Å². The molecule has 5 nitrogen and oxygen atoms in total. The molecule has 2 heterocycles. The van der Waals surface area contributed by atoms with E-state index >= 15 is 0 Å². The van der Waals surface area contributed by atoms with Crippen LogP contribution in [0.3, 0.4) is 0 Å². The number of furan rings is 1. The van der Waals surface area contributed by atoms with Gasteiger partial charge in [-0.2, -0.15) is 0 Å². The van der Waals surface area contributed by atoms with Crippen molar-refractivity contribution in [1.29, 1.82) is 0 Å². The highest BCUT2D eigenvalue weighted by atomic mass is 16.4. The summed E-state index contributed by atoms with van der Waals surface area (Å²) in [7, 11) is 0. The molecule has 5 heteroatoms. The van der Waals surface area contributed by atoms with Gasteiger partial charge in [0.25, 0.3) is 0 Å². The molecule has 0 aliphatic carbocycles. The van der Waals surface area contributed by atoms with Gasteiger partial charge in [0, 0.05) is 18.1 Å². The van der Waals surface area contributed by atoms with E-state index in [1.54, 1.807) is 18.3 Å². The second kappa shape index (κ2) is 5.05. The largest absolute Gasteiger partial charge is 0.475 e. The maximum atomic E-state index is 10.9. The van der Waals surface area contributed by atoms with Crippen molar-refractivity contribution < 1.29 is 14.3 Å². The molecule has 2 aromatic heterocycles. The molecule has 3 aromatic rings. The van der Waals surface area contributed by atoms with Crippen LogP contribution in [0.4, 0.5) is 5.82 Å². The minimum atomic E-state index is -1.06. The monoisotopic (exact) mass is 268 g/mol. The Balaban J connectivity index is 1.89. The second-order valence-electron chi connectivity index (χ2n) is 4.31. The van der Waals surface area contributed by atoms with E-state index in [2.05, 4.69) is 10.3 Å². The molecule has 0 spiro atoms. The lowest BCUT2D eigenvalue weighted by Crippen LogP contribution is -2.00. The third-order valence-corrected chi connectivity index (χ3v) is 2.99. The van der Waals surface area contributed by atoms with Gasteiger partial charge in [-0.1, -0.05) is 18.2 Å². The molecule has 100 valence electrons. The van der Waals surface area contributed by atoms with Gasteiger partial charge < -0.3 is 14.8 Å². The summed E-state index contributed by atoms with van der Waals surface area (Å²) in [6.07, 6.45) is 1.71. The summed E-state index contributed by atoms with van der Waals surface area (Å²) in [5, 5.41) is 13.0. The topological polar surface area (TPSA) is 75.4 Å². The number of pyridine rings is 1. The van der Waals surface area contributed by atoms with E-state index in [9.17, 15) is 4.79 Å². The molecule has 0 unspecified atom stereocenters. The van der Waals surface area contributed by atoms with E-state index in [4.69, 9.17) is 9.52 Å². The highest BCUT2D eigenvalue weighted by Crippen LogP contribution is 2.23. The van der Waals surface area contributed by atoms with Crippen molar-refractivity contribution in [2.75, 3.05) is 5.32 Å². The number of nitrogens with one attached hydrogen (secondary N) is 1. The third kappa shape index (κ3) is 2.33. The summed E-state index contributed by atoms with van der Waals surface area (Å²) in [6, 6.07) is 12.7. The molecule has 20 heavy (non-hydrogen) atoms. The average molecular weight is 268 g/mol. The van der Waals surface area contributed by atoms with Crippen LogP contribution < -0.4 is 5.32 Å². The minimum Gasteiger partial charge on any atom is -0.475 e. The van der Waals surface area contributed by atoms with Crippen molar-refractivity contribution in [1.82, 2.24) is 4.98 Å². The first-order chi connectivity index (χ1) is 9.74. The zero-order chi connectivity index (χ0) is 13.9. The molecule has 3 rings (SSSR count). The van der Waals surface area contributed by atoms with Gasteiger partial charge >= 0.3 is 5.97 Å². The van der Waals surface area contributed by atoms with Gasteiger partial charge in [-0.15, -0.1) is 0 Å². The molecular weight excluding hydrogens is 256 g/mol. The maximum absolute atomic E-state index is 10.9. The number of fused-ring (bicyclic) bond motifs is 1. The Labute approximate surface area is 114 Å². The van der Waals surface area contributed by atoms with Crippen molar-refractivity contribution >= 4 is 22.8 Å². The number of benzene rings is 1. The zero-order valence-electron chi connectivity index (χ0n) is 10.5. The van der Waals surface area contributed by atoms with Gasteiger partial charge in [0.05, 0.1) is 0 Å². The van der Waals surface area contributed by atoms with Crippen molar-refractivity contribution in [3.05, 3.63) is 60.0 Å². The maximum Gasteiger partial charge on any atom is 0.371 e. The molecule has 0 radical (unpaired) electrons. The standard InChI is InChI=1S/C15H12N2O3/c18-15(19)13-8-11-10(4-3-5-12(11)20-13)9-17-14-6-1-2-7-16-14/h1-8H,9H2,(H,16,17)(H,18,19). The van der Waals surface area contributed by atoms with Gasteiger partial charge in [0.15, 0.2) is 0 Å². The molecular formula is C15H12N2O3. The molecule has 0 saturated heterocycles. The van der Waals surface area contributed by atoms with Crippen molar-refractivity contribution in [2.45, 2.75) is 6.54 Å². The van der Waals surface area contributed by atoms with E-state index in [0.29, 0.717) is 12.1 Å². The normalized spacial score (nSPS) is 10.6. The zero-order valence-corrected chi connectivity index (χ0v) is 10.5. The molecule has 1 aromatic carbocycles. The lowest BCUT2D eigenvalue weighted by molar-refractivity contribution is 0.0665. The van der Waals surface area contributed by atoms with Crippen LogP contribution in [0.1, 0.15) is 16.1 Å². The van der Waals surface area contributed by atoms with Crippen LogP contribution in [0, 0.1) is 0 Å². The highest BCUT2D eigenvalue weighted by molar-refractivity contribution is 5.92. The van der Waals surface area contributed by atoms with Gasteiger partial charge in [-0.3, -0.25) is 0 Å². The Hall–Kier alpha value is -2.82. The molecule has 0 saturated carbocycles. The number of anilines is 1. The van der Waals surface area contributed by atoms with Gasteiger partial charge in [0.2, 0.25) is 5.76 Å². The first kappa shape index (κ1) is 12.2. The molecule has 0 atom stereocenters. The van der Waals surface area contributed by atoms with E-state index in [1.165, 1.54) is 0 Å². The van der Waals surface area contributed by atoms with Crippen molar-refractivity contribution in [2.24, 2.45) is 0 Å². The van der Waals surface area contributed by atoms with E-state index < -0.39 is 5.97 Å². The summed E-state index contributed by atoms with van der Waals surface area (Å²) in [4.78, 5) is 15.1. The molecule has 0 amide bonds. The molecule has 0 fully saturated rings. The predicted octanol–water partition coefficient (Wildman–Crippen LogP) is 3.14. The predicted molar refractivity (Wildman–Crippen MR) is 74.7 cm³/mol. The summed E-state index contributed by atoms with van der Waals surface area (Å²) in [6.45, 7) is 0.549. The first-order valence-electron chi connectivity index (χ1n) is 6.13. The summed E-state index contributed by atoms with van der Waals surface area (Å²) in [5.74, 6) is -0.346. The lowest BCUT2D eigenvalue weighted by Gasteiger charge is -2.05. The number of hydrogen-bond acceptors (Lipinski definition) is 4. The van der Waals surface area contributed by atoms with Gasteiger partial charge in [-0.25, -0.2) is 9.78 Å². The van der Waals surface area contributed by atoms with E-state index in [0.717, 1.165) is 16.8 Å². The number of hydrogen-bond donors (Lipinski definition) is 2. The number of nitrogens with zero attached hydrogens (tertiary/aromatic N) is 1. The fourth-order valence-electron chi connectivity index (χ4n) is 2.03. The quantitative estimate of drug-likeness (QED) is 0.760. The van der Waals surface area contributed by atoms with Crippen LogP contribution in [-0.4, -0.2) is 16.1 Å². The first-order valence-corrected chi connectivity index (χ1v) is 6.13. The summed E-state index contributed by atoms with van der Waals surface area (Å²) >= 11 is 0. The Kier molecular flexibility index (Phi) is 3.09. The molecule has 0 aliphatic rings. The summed E-state index contributed by atoms with van der Waals surface area (Å²) < 4.78 is 5.28. The number of aromatic nitrogens is 1. The van der Waals surface area contributed by atoms with Crippen LogP contribution in [0.25, 0.3) is 11.0 Å². The highest BCUT2D eigenvalue weighted by Gasteiger charge is 2.12. The fourth-order valence-corrected chi connectivity index (χ4v) is 2.03. The van der Waals surface area contributed by atoms with Crippen LogP contribution in [-0.2, 0) is 6.54 Å². The number of carbonyl (C=O) groups is 1. The van der Waals surface area contributed by atoms with Crippen LogP contribution in [0.5, 0.6) is 0 Å². The van der Waals surface area contributed by atoms with E-state index in [-0.39, 0.29) is 5.76 Å². The lowest BCUT2D eigenvalue weighted by atomic mass is 10.1. The molecule has 0 aliphatic heterocycles. The number of carboxylic acid groups (broad SMARTS) is 1. The number of carboxylic acids is 1. The molecule has 0 bridgehead atoms. The average Bonchev–Trinajstić information content (AvgIpc) is 2.91. The SMILES string of the molecule is O=C(O)c1cc2c(CNc3ccccn3)cccc2o1. The Morgan fingerprint density at radius 3 is 2.90 bits per heavy atom. The minimum absolute atomic E-state index is 0.0507. The summed E-state index contributed by atoms with van der Waals surface area (Å²) in [5.41, 5.74) is 1.53. The third-order valence-electron chi connectivity index (χ3n) is 2.99. The molecule has 2 N–H and O–H groups in total. The van der Waals surface area contributed by atoms with Gasteiger partial charge in [-0.05, 0) is 29.8 Å². The number of rotatable bonds is 4. The Bertz CT molecular complexity index is 750. The van der Waals surface area contributed by atoms with E-state index in [1.807, 2.05) is 30.3 Å². The van der Waals surface area contributed by atoms with Crippen LogP contribution in [0.15, 0.2) is 53.1 Å². The smallest absolute Gasteiger partial charge is 0.371 e.